The minimum Gasteiger partial charge on any atom is -0.496 e. The zero-order valence-electron chi connectivity index (χ0n) is 16.8. The summed E-state index contributed by atoms with van der Waals surface area (Å²) < 4.78 is 10.3. The summed E-state index contributed by atoms with van der Waals surface area (Å²) in [4.78, 5) is 26.1. The van der Waals surface area contributed by atoms with Crippen LogP contribution in [0.3, 0.4) is 0 Å². The second-order valence-corrected chi connectivity index (χ2v) is 6.48. The number of anilines is 1. The van der Waals surface area contributed by atoms with Gasteiger partial charge in [0.15, 0.2) is 6.61 Å². The molecule has 0 spiro atoms. The number of amides is 1. The molecule has 6 heteroatoms. The number of benzene rings is 2. The van der Waals surface area contributed by atoms with Crippen LogP contribution in [-0.2, 0) is 14.3 Å². The van der Waals surface area contributed by atoms with E-state index in [1.165, 1.54) is 11.0 Å². The minimum absolute atomic E-state index is 0.181. The summed E-state index contributed by atoms with van der Waals surface area (Å²) in [6.45, 7) is 3.69. The lowest BCUT2D eigenvalue weighted by Gasteiger charge is -2.22. The Bertz CT molecular complexity index is 924. The molecule has 0 atom stereocenters. The number of nitriles is 1. The standard InChI is InChI=1S/C23H24N2O4/c1-17-13-18(2)15-20(14-17)25(12-6-11-24)22(26)16-29-23(27)10-9-19-7-4-5-8-21(19)28-3/h4-5,7-10,13-15H,6,12,16H2,1-3H3/b10-9+. The molecule has 0 radical (unpaired) electrons. The molecule has 0 aliphatic carbocycles. The molecular weight excluding hydrogens is 368 g/mol. The zero-order chi connectivity index (χ0) is 21.2. The Balaban J connectivity index is 2.04. The number of nitrogens with zero attached hydrogens (tertiary/aromatic N) is 2. The summed E-state index contributed by atoms with van der Waals surface area (Å²) in [6.07, 6.45) is 3.00. The van der Waals surface area contributed by atoms with Gasteiger partial charge in [-0.05, 0) is 49.2 Å². The number of methoxy groups -OCH3 is 1. The van der Waals surface area contributed by atoms with Crippen molar-refractivity contribution >= 4 is 23.6 Å². The van der Waals surface area contributed by atoms with Crippen molar-refractivity contribution in [3.05, 3.63) is 65.2 Å². The number of carbonyl (C=O) groups excluding carboxylic acids is 2. The highest BCUT2D eigenvalue weighted by Crippen LogP contribution is 2.20. The maximum atomic E-state index is 12.6. The number of esters is 1. The van der Waals surface area contributed by atoms with E-state index < -0.39 is 12.6 Å². The van der Waals surface area contributed by atoms with Crippen molar-refractivity contribution in [2.75, 3.05) is 25.2 Å². The fraction of sp³-hybridized carbons (Fsp3) is 0.261. The highest BCUT2D eigenvalue weighted by molar-refractivity contribution is 5.96. The molecule has 2 rings (SSSR count). The van der Waals surface area contributed by atoms with Crippen LogP contribution in [-0.4, -0.2) is 32.1 Å². The van der Waals surface area contributed by atoms with Crippen molar-refractivity contribution in [2.45, 2.75) is 20.3 Å². The van der Waals surface area contributed by atoms with Crippen molar-refractivity contribution < 1.29 is 19.1 Å². The van der Waals surface area contributed by atoms with Gasteiger partial charge in [-0.2, -0.15) is 5.26 Å². The number of para-hydroxylation sites is 1. The van der Waals surface area contributed by atoms with Gasteiger partial charge in [0.25, 0.3) is 5.91 Å². The number of hydrogen-bond donors (Lipinski definition) is 0. The van der Waals surface area contributed by atoms with Gasteiger partial charge in [-0.1, -0.05) is 24.3 Å². The first-order chi connectivity index (χ1) is 13.9. The van der Waals surface area contributed by atoms with E-state index in [1.807, 2.05) is 50.2 Å². The Morgan fingerprint density at radius 3 is 2.48 bits per heavy atom. The molecule has 150 valence electrons. The van der Waals surface area contributed by atoms with E-state index in [4.69, 9.17) is 14.7 Å². The Labute approximate surface area is 171 Å². The topological polar surface area (TPSA) is 79.6 Å². The molecule has 0 saturated heterocycles. The number of aryl methyl sites for hydroxylation is 2. The molecule has 29 heavy (non-hydrogen) atoms. The van der Waals surface area contributed by atoms with Gasteiger partial charge in [0, 0.05) is 23.9 Å². The molecule has 0 aliphatic heterocycles. The first kappa shape index (κ1) is 21.7. The number of ether oxygens (including phenoxy) is 2. The van der Waals surface area contributed by atoms with Crippen molar-refractivity contribution in [2.24, 2.45) is 0 Å². The van der Waals surface area contributed by atoms with Crippen LogP contribution in [0.25, 0.3) is 6.08 Å². The van der Waals surface area contributed by atoms with Gasteiger partial charge in [0.05, 0.1) is 19.6 Å². The molecule has 0 aromatic heterocycles. The van der Waals surface area contributed by atoms with Gasteiger partial charge in [-0.3, -0.25) is 4.79 Å². The summed E-state index contributed by atoms with van der Waals surface area (Å²) in [5.41, 5.74) is 3.42. The molecule has 0 saturated carbocycles. The highest BCUT2D eigenvalue weighted by atomic mass is 16.5. The molecule has 0 fully saturated rings. The fourth-order valence-electron chi connectivity index (χ4n) is 2.89. The predicted octanol–water partition coefficient (Wildman–Crippen LogP) is 3.82. The Morgan fingerprint density at radius 1 is 1.14 bits per heavy atom. The van der Waals surface area contributed by atoms with Gasteiger partial charge >= 0.3 is 5.97 Å². The normalized spacial score (nSPS) is 10.4. The first-order valence-corrected chi connectivity index (χ1v) is 9.18. The second kappa shape index (κ2) is 10.7. The molecular formula is C23H24N2O4. The lowest BCUT2D eigenvalue weighted by atomic mass is 10.1. The smallest absolute Gasteiger partial charge is 0.331 e. The largest absolute Gasteiger partial charge is 0.496 e. The Hall–Kier alpha value is -3.59. The molecule has 2 aromatic rings. The third kappa shape index (κ3) is 6.51. The average Bonchev–Trinajstić information content (AvgIpc) is 2.70. The van der Waals surface area contributed by atoms with Crippen LogP contribution in [0.4, 0.5) is 5.69 Å². The van der Waals surface area contributed by atoms with Gasteiger partial charge in [0.2, 0.25) is 0 Å². The van der Waals surface area contributed by atoms with Crippen LogP contribution >= 0.6 is 0 Å². The highest BCUT2D eigenvalue weighted by Gasteiger charge is 2.17. The first-order valence-electron chi connectivity index (χ1n) is 9.18. The monoisotopic (exact) mass is 392 g/mol. The van der Waals surface area contributed by atoms with Crippen LogP contribution < -0.4 is 9.64 Å². The van der Waals surface area contributed by atoms with Crippen LogP contribution in [0.5, 0.6) is 5.75 Å². The van der Waals surface area contributed by atoms with Gasteiger partial charge < -0.3 is 14.4 Å². The van der Waals surface area contributed by atoms with Crippen molar-refractivity contribution in [1.29, 1.82) is 5.26 Å². The second-order valence-electron chi connectivity index (χ2n) is 6.48. The number of hydrogen-bond acceptors (Lipinski definition) is 5. The molecule has 0 heterocycles. The van der Waals surface area contributed by atoms with Crippen LogP contribution in [0, 0.1) is 25.2 Å². The minimum atomic E-state index is -0.634. The fourth-order valence-corrected chi connectivity index (χ4v) is 2.89. The number of rotatable bonds is 8. The van der Waals surface area contributed by atoms with E-state index in [-0.39, 0.29) is 18.9 Å². The molecule has 0 aliphatic rings. The van der Waals surface area contributed by atoms with E-state index in [0.29, 0.717) is 11.4 Å². The third-order valence-corrected chi connectivity index (χ3v) is 4.14. The SMILES string of the molecule is COc1ccccc1/C=C/C(=O)OCC(=O)N(CCC#N)c1cc(C)cc(C)c1. The van der Waals surface area contributed by atoms with E-state index in [0.717, 1.165) is 16.7 Å². The Morgan fingerprint density at radius 2 is 1.83 bits per heavy atom. The summed E-state index contributed by atoms with van der Waals surface area (Å²) >= 11 is 0. The van der Waals surface area contributed by atoms with Gasteiger partial charge in [-0.15, -0.1) is 0 Å². The summed E-state index contributed by atoms with van der Waals surface area (Å²) in [6, 6.07) is 15.0. The maximum absolute atomic E-state index is 12.6. The van der Waals surface area contributed by atoms with Gasteiger partial charge in [-0.25, -0.2) is 4.79 Å². The van der Waals surface area contributed by atoms with Crippen LogP contribution in [0.15, 0.2) is 48.5 Å². The summed E-state index contributed by atoms with van der Waals surface area (Å²) in [5, 5.41) is 8.90. The maximum Gasteiger partial charge on any atom is 0.331 e. The quantitative estimate of drug-likeness (QED) is 0.504. The molecule has 2 aromatic carbocycles. The van der Waals surface area contributed by atoms with Crippen molar-refractivity contribution in [3.8, 4) is 11.8 Å². The molecule has 1 amide bonds. The third-order valence-electron chi connectivity index (χ3n) is 4.14. The molecule has 0 bridgehead atoms. The van der Waals surface area contributed by atoms with E-state index in [1.54, 1.807) is 25.3 Å². The van der Waals surface area contributed by atoms with Crippen molar-refractivity contribution in [1.82, 2.24) is 0 Å². The predicted molar refractivity (Wildman–Crippen MR) is 111 cm³/mol. The lowest BCUT2D eigenvalue weighted by Crippen LogP contribution is -2.35. The number of carbonyl (C=O) groups is 2. The van der Waals surface area contributed by atoms with Crippen molar-refractivity contribution in [3.63, 3.8) is 0 Å². The summed E-state index contributed by atoms with van der Waals surface area (Å²) in [5.74, 6) is -0.390. The van der Waals surface area contributed by atoms with E-state index in [2.05, 4.69) is 0 Å². The average molecular weight is 392 g/mol. The van der Waals surface area contributed by atoms with E-state index >= 15 is 0 Å². The Kier molecular flexibility index (Phi) is 7.99. The zero-order valence-corrected chi connectivity index (χ0v) is 16.8. The molecule has 6 nitrogen and oxygen atoms in total. The molecule has 0 unspecified atom stereocenters. The van der Waals surface area contributed by atoms with Gasteiger partial charge in [0.1, 0.15) is 5.75 Å². The summed E-state index contributed by atoms with van der Waals surface area (Å²) in [7, 11) is 1.55. The van der Waals surface area contributed by atoms with Crippen LogP contribution in [0.2, 0.25) is 0 Å². The van der Waals surface area contributed by atoms with Crippen LogP contribution in [0.1, 0.15) is 23.1 Å². The molecule has 0 N–H and O–H groups in total. The lowest BCUT2D eigenvalue weighted by molar-refractivity contribution is -0.142. The van der Waals surface area contributed by atoms with E-state index in [9.17, 15) is 9.59 Å².